The van der Waals surface area contributed by atoms with Gasteiger partial charge in [-0.05, 0) is 54.6 Å². The molecule has 0 saturated carbocycles. The van der Waals surface area contributed by atoms with Crippen LogP contribution in [-0.2, 0) is 10.0 Å². The Bertz CT molecular complexity index is 1140. The lowest BCUT2D eigenvalue weighted by Crippen LogP contribution is -2.26. The molecule has 0 atom stereocenters. The zero-order valence-electron chi connectivity index (χ0n) is 16.8. The van der Waals surface area contributed by atoms with Gasteiger partial charge in [-0.25, -0.2) is 8.42 Å². The van der Waals surface area contributed by atoms with E-state index in [2.05, 4.69) is 5.32 Å². The zero-order valence-corrected chi connectivity index (χ0v) is 17.6. The molecular formula is C22H22N2O5S. The summed E-state index contributed by atoms with van der Waals surface area (Å²) in [5.41, 5.74) is 1.20. The molecular weight excluding hydrogens is 404 g/mol. The second-order valence-electron chi connectivity index (χ2n) is 6.35. The van der Waals surface area contributed by atoms with Crippen LogP contribution in [0.3, 0.4) is 0 Å². The molecule has 156 valence electrons. The fourth-order valence-electron chi connectivity index (χ4n) is 2.83. The molecule has 0 aliphatic carbocycles. The number of amides is 1. The molecule has 8 heteroatoms. The van der Waals surface area contributed by atoms with Gasteiger partial charge in [0.1, 0.15) is 11.5 Å². The van der Waals surface area contributed by atoms with Crippen LogP contribution in [0.4, 0.5) is 11.4 Å². The first-order valence-electron chi connectivity index (χ1n) is 9.04. The molecule has 0 unspecified atom stereocenters. The minimum Gasteiger partial charge on any atom is -0.497 e. The highest BCUT2D eigenvalue weighted by molar-refractivity contribution is 7.92. The number of sulfonamides is 1. The third-order valence-electron chi connectivity index (χ3n) is 4.54. The summed E-state index contributed by atoms with van der Waals surface area (Å²) >= 11 is 0. The van der Waals surface area contributed by atoms with Gasteiger partial charge in [0.15, 0.2) is 0 Å². The Morgan fingerprint density at radius 1 is 0.900 bits per heavy atom. The summed E-state index contributed by atoms with van der Waals surface area (Å²) in [6.07, 6.45) is 0. The van der Waals surface area contributed by atoms with Crippen molar-refractivity contribution in [3.63, 3.8) is 0 Å². The molecule has 0 heterocycles. The first kappa shape index (κ1) is 21.2. The highest BCUT2D eigenvalue weighted by atomic mass is 32.2. The van der Waals surface area contributed by atoms with Crippen molar-refractivity contribution in [1.82, 2.24) is 0 Å². The lowest BCUT2D eigenvalue weighted by Gasteiger charge is -2.20. The molecule has 0 aliphatic rings. The number of ether oxygens (including phenoxy) is 2. The van der Waals surface area contributed by atoms with Crippen LogP contribution in [0, 0.1) is 0 Å². The maximum absolute atomic E-state index is 13.0. The van der Waals surface area contributed by atoms with Gasteiger partial charge in [-0.1, -0.05) is 18.2 Å². The van der Waals surface area contributed by atoms with Crippen molar-refractivity contribution in [3.8, 4) is 11.5 Å². The number of carbonyl (C=O) groups is 1. The molecule has 7 nitrogen and oxygen atoms in total. The summed E-state index contributed by atoms with van der Waals surface area (Å²) in [4.78, 5) is 12.8. The first-order chi connectivity index (χ1) is 14.4. The zero-order chi connectivity index (χ0) is 21.7. The lowest BCUT2D eigenvalue weighted by molar-refractivity contribution is 0.102. The molecule has 0 aliphatic heterocycles. The molecule has 3 aromatic rings. The number of para-hydroxylation sites is 2. The fraction of sp³-hybridized carbons (Fsp3) is 0.136. The second-order valence-corrected chi connectivity index (χ2v) is 8.32. The van der Waals surface area contributed by atoms with Crippen molar-refractivity contribution < 1.29 is 22.7 Å². The molecule has 1 amide bonds. The average molecular weight is 426 g/mol. The Labute approximate surface area is 175 Å². The van der Waals surface area contributed by atoms with Crippen molar-refractivity contribution in [2.24, 2.45) is 0 Å². The molecule has 0 spiro atoms. The molecule has 30 heavy (non-hydrogen) atoms. The van der Waals surface area contributed by atoms with E-state index in [1.165, 1.54) is 39.5 Å². The maximum atomic E-state index is 13.0. The molecule has 0 aromatic heterocycles. The Morgan fingerprint density at radius 2 is 1.60 bits per heavy atom. The van der Waals surface area contributed by atoms with E-state index in [-0.39, 0.29) is 10.8 Å². The van der Waals surface area contributed by atoms with Crippen molar-refractivity contribution >= 4 is 27.3 Å². The van der Waals surface area contributed by atoms with Crippen molar-refractivity contribution in [3.05, 3.63) is 78.4 Å². The Balaban J connectivity index is 1.85. The summed E-state index contributed by atoms with van der Waals surface area (Å²) in [5, 5.41) is 2.78. The molecule has 1 N–H and O–H groups in total. The van der Waals surface area contributed by atoms with Crippen molar-refractivity contribution in [2.75, 3.05) is 30.9 Å². The predicted molar refractivity (Wildman–Crippen MR) is 116 cm³/mol. The van der Waals surface area contributed by atoms with E-state index in [1.807, 2.05) is 0 Å². The standard InChI is InChI=1S/C22H22N2O5S/c1-24(30(26,27)19-13-11-18(28-2)12-14-19)17-8-6-7-16(15-17)22(25)23-20-9-4-5-10-21(20)29-3/h4-15H,1-3H3,(H,23,25). The van der Waals surface area contributed by atoms with Crippen LogP contribution in [0.1, 0.15) is 10.4 Å². The van der Waals surface area contributed by atoms with Gasteiger partial charge in [-0.2, -0.15) is 0 Å². The van der Waals surface area contributed by atoms with Gasteiger partial charge in [0, 0.05) is 12.6 Å². The molecule has 0 fully saturated rings. The topological polar surface area (TPSA) is 84.9 Å². The lowest BCUT2D eigenvalue weighted by atomic mass is 10.2. The summed E-state index contributed by atoms with van der Waals surface area (Å²) < 4.78 is 37.4. The van der Waals surface area contributed by atoms with Gasteiger partial charge < -0.3 is 14.8 Å². The third kappa shape index (κ3) is 4.38. The third-order valence-corrected chi connectivity index (χ3v) is 6.34. The minimum atomic E-state index is -3.80. The summed E-state index contributed by atoms with van der Waals surface area (Å²) in [6.45, 7) is 0. The first-order valence-corrected chi connectivity index (χ1v) is 10.5. The molecule has 3 aromatic carbocycles. The maximum Gasteiger partial charge on any atom is 0.264 e. The number of hydrogen-bond donors (Lipinski definition) is 1. The number of carbonyl (C=O) groups excluding carboxylic acids is 1. The number of hydrogen-bond acceptors (Lipinski definition) is 5. The van der Waals surface area contributed by atoms with Crippen LogP contribution in [0.2, 0.25) is 0 Å². The summed E-state index contributed by atoms with van der Waals surface area (Å²) in [6, 6.07) is 19.5. The van der Waals surface area contributed by atoms with E-state index in [9.17, 15) is 13.2 Å². The Hall–Kier alpha value is -3.52. The summed E-state index contributed by atoms with van der Waals surface area (Å²) in [5.74, 6) is 0.712. The summed E-state index contributed by atoms with van der Waals surface area (Å²) in [7, 11) is 0.668. The van der Waals surface area contributed by atoms with Crippen LogP contribution in [0.25, 0.3) is 0 Å². The number of benzene rings is 3. The van der Waals surface area contributed by atoms with E-state index in [1.54, 1.807) is 54.6 Å². The van der Waals surface area contributed by atoms with Gasteiger partial charge in [-0.15, -0.1) is 0 Å². The van der Waals surface area contributed by atoms with E-state index < -0.39 is 10.0 Å². The number of rotatable bonds is 7. The Morgan fingerprint density at radius 3 is 2.27 bits per heavy atom. The van der Waals surface area contributed by atoms with Crippen LogP contribution in [0.5, 0.6) is 11.5 Å². The van der Waals surface area contributed by atoms with E-state index in [0.29, 0.717) is 28.4 Å². The fourth-order valence-corrected chi connectivity index (χ4v) is 4.02. The van der Waals surface area contributed by atoms with E-state index in [0.717, 1.165) is 4.31 Å². The van der Waals surface area contributed by atoms with E-state index in [4.69, 9.17) is 9.47 Å². The predicted octanol–water partition coefficient (Wildman–Crippen LogP) is 3.78. The van der Waals surface area contributed by atoms with Gasteiger partial charge in [0.2, 0.25) is 0 Å². The number of anilines is 2. The number of methoxy groups -OCH3 is 2. The number of nitrogens with one attached hydrogen (secondary N) is 1. The largest absolute Gasteiger partial charge is 0.497 e. The van der Waals surface area contributed by atoms with Crippen LogP contribution in [-0.4, -0.2) is 35.6 Å². The monoisotopic (exact) mass is 426 g/mol. The smallest absolute Gasteiger partial charge is 0.264 e. The SMILES string of the molecule is COc1ccc(S(=O)(=O)N(C)c2cccc(C(=O)Nc3ccccc3OC)c2)cc1. The van der Waals surface area contributed by atoms with Gasteiger partial charge in [-0.3, -0.25) is 9.10 Å². The molecule has 3 rings (SSSR count). The molecule has 0 bridgehead atoms. The second kappa shape index (κ2) is 8.87. The van der Waals surface area contributed by atoms with E-state index >= 15 is 0 Å². The van der Waals surface area contributed by atoms with Gasteiger partial charge >= 0.3 is 0 Å². The van der Waals surface area contributed by atoms with Crippen LogP contribution < -0.4 is 19.1 Å². The van der Waals surface area contributed by atoms with Gasteiger partial charge in [0.05, 0.1) is 30.5 Å². The Kier molecular flexibility index (Phi) is 6.27. The minimum absolute atomic E-state index is 0.120. The normalized spacial score (nSPS) is 10.9. The van der Waals surface area contributed by atoms with Crippen molar-refractivity contribution in [2.45, 2.75) is 4.90 Å². The quantitative estimate of drug-likeness (QED) is 0.621. The van der Waals surface area contributed by atoms with Crippen molar-refractivity contribution in [1.29, 1.82) is 0 Å². The number of nitrogens with zero attached hydrogens (tertiary/aromatic N) is 1. The molecule has 0 radical (unpaired) electrons. The van der Waals surface area contributed by atoms with Crippen LogP contribution in [0.15, 0.2) is 77.7 Å². The van der Waals surface area contributed by atoms with Gasteiger partial charge in [0.25, 0.3) is 15.9 Å². The molecule has 0 saturated heterocycles. The highest BCUT2D eigenvalue weighted by Gasteiger charge is 2.22. The highest BCUT2D eigenvalue weighted by Crippen LogP contribution is 2.26. The van der Waals surface area contributed by atoms with Crippen LogP contribution >= 0.6 is 0 Å². The average Bonchev–Trinajstić information content (AvgIpc) is 2.79.